The van der Waals surface area contributed by atoms with Gasteiger partial charge in [-0.25, -0.2) is 0 Å². The summed E-state index contributed by atoms with van der Waals surface area (Å²) in [5.74, 6) is -0.131. The van der Waals surface area contributed by atoms with Gasteiger partial charge in [0.1, 0.15) is 6.17 Å². The smallest absolute Gasteiger partial charge is 0.252 e. The van der Waals surface area contributed by atoms with E-state index in [4.69, 9.17) is 10.5 Å². The van der Waals surface area contributed by atoms with Crippen LogP contribution in [0.2, 0.25) is 0 Å². The lowest BCUT2D eigenvalue weighted by Gasteiger charge is -2.35. The third kappa shape index (κ3) is 4.45. The fourth-order valence-electron chi connectivity index (χ4n) is 3.52. The van der Waals surface area contributed by atoms with Gasteiger partial charge in [-0.3, -0.25) is 14.7 Å². The summed E-state index contributed by atoms with van der Waals surface area (Å²) in [7, 11) is 0. The maximum Gasteiger partial charge on any atom is 0.252 e. The Morgan fingerprint density at radius 3 is 2.55 bits per heavy atom. The second kappa shape index (κ2) is 8.86. The minimum atomic E-state index is -0.344. The minimum absolute atomic E-state index is 0.131. The molecule has 1 aromatic heterocycles. The Labute approximate surface area is 170 Å². The van der Waals surface area contributed by atoms with Crippen LogP contribution in [0.5, 0.6) is 0 Å². The number of anilines is 1. The number of pyridine rings is 1. The second-order valence-corrected chi connectivity index (χ2v) is 6.98. The molecule has 0 radical (unpaired) electrons. The van der Waals surface area contributed by atoms with Gasteiger partial charge in [0.05, 0.1) is 13.2 Å². The Balaban J connectivity index is 1.69. The van der Waals surface area contributed by atoms with Gasteiger partial charge in [0.25, 0.3) is 5.91 Å². The van der Waals surface area contributed by atoms with Crippen molar-refractivity contribution in [3.05, 3.63) is 84.2 Å². The molecule has 6 heteroatoms. The van der Waals surface area contributed by atoms with Crippen LogP contribution in [0.4, 0.5) is 5.69 Å². The van der Waals surface area contributed by atoms with Crippen molar-refractivity contribution in [1.29, 1.82) is 0 Å². The number of amides is 1. The molecule has 6 nitrogen and oxygen atoms in total. The Hall–Kier alpha value is -3.22. The number of rotatable bonds is 5. The number of morpholine rings is 1. The Morgan fingerprint density at radius 2 is 1.83 bits per heavy atom. The highest BCUT2D eigenvalue weighted by atomic mass is 16.5. The summed E-state index contributed by atoms with van der Waals surface area (Å²) in [6, 6.07) is 19.0. The van der Waals surface area contributed by atoms with Crippen molar-refractivity contribution in [3.63, 3.8) is 0 Å². The maximum absolute atomic E-state index is 12.9. The summed E-state index contributed by atoms with van der Waals surface area (Å²) in [4.78, 5) is 19.3. The van der Waals surface area contributed by atoms with Gasteiger partial charge in [-0.15, -0.1) is 0 Å². The van der Waals surface area contributed by atoms with Gasteiger partial charge in [-0.1, -0.05) is 30.3 Å². The van der Waals surface area contributed by atoms with E-state index in [1.54, 1.807) is 18.3 Å². The van der Waals surface area contributed by atoms with Gasteiger partial charge < -0.3 is 15.8 Å². The van der Waals surface area contributed by atoms with E-state index in [1.807, 2.05) is 54.7 Å². The average Bonchev–Trinajstić information content (AvgIpc) is 2.79. The lowest BCUT2D eigenvalue weighted by molar-refractivity contribution is 0.00864. The van der Waals surface area contributed by atoms with Crippen molar-refractivity contribution in [3.8, 4) is 11.1 Å². The first-order valence-electron chi connectivity index (χ1n) is 9.70. The van der Waals surface area contributed by atoms with Gasteiger partial charge in [0.2, 0.25) is 0 Å². The number of nitrogens with one attached hydrogen (secondary N) is 1. The Morgan fingerprint density at radius 1 is 1.03 bits per heavy atom. The summed E-state index contributed by atoms with van der Waals surface area (Å²) in [5.41, 5.74) is 10.5. The molecular formula is C23H24N4O2. The van der Waals surface area contributed by atoms with Gasteiger partial charge >= 0.3 is 0 Å². The van der Waals surface area contributed by atoms with E-state index in [-0.39, 0.29) is 12.1 Å². The molecule has 29 heavy (non-hydrogen) atoms. The molecule has 0 bridgehead atoms. The van der Waals surface area contributed by atoms with Crippen molar-refractivity contribution >= 4 is 11.6 Å². The van der Waals surface area contributed by atoms with Crippen LogP contribution in [-0.4, -0.2) is 42.1 Å². The number of nitrogen functional groups attached to an aromatic ring is 1. The number of ether oxygens (including phenoxy) is 1. The maximum atomic E-state index is 12.9. The third-order valence-corrected chi connectivity index (χ3v) is 5.09. The first-order valence-corrected chi connectivity index (χ1v) is 9.70. The molecule has 1 aliphatic heterocycles. The van der Waals surface area contributed by atoms with E-state index >= 15 is 0 Å². The SMILES string of the molecule is Nc1ccc(-c2cccnc2)cc1C(NC(=O)c1ccccc1)N1CCOCC1. The quantitative estimate of drug-likeness (QED) is 0.657. The monoisotopic (exact) mass is 388 g/mol. The molecule has 3 N–H and O–H groups in total. The number of nitrogens with two attached hydrogens (primary N) is 1. The van der Waals surface area contributed by atoms with Crippen LogP contribution in [0.25, 0.3) is 11.1 Å². The summed E-state index contributed by atoms with van der Waals surface area (Å²) in [6.07, 6.45) is 3.23. The molecule has 1 unspecified atom stereocenters. The second-order valence-electron chi connectivity index (χ2n) is 6.98. The van der Waals surface area contributed by atoms with Crippen LogP contribution in [0.1, 0.15) is 22.1 Å². The summed E-state index contributed by atoms with van der Waals surface area (Å²) < 4.78 is 5.50. The molecule has 0 aliphatic carbocycles. The molecule has 0 spiro atoms. The van der Waals surface area contributed by atoms with Crippen molar-refractivity contribution in [2.45, 2.75) is 6.17 Å². The number of benzene rings is 2. The molecular weight excluding hydrogens is 364 g/mol. The van der Waals surface area contributed by atoms with E-state index in [9.17, 15) is 4.79 Å². The van der Waals surface area contributed by atoms with E-state index < -0.39 is 0 Å². The van der Waals surface area contributed by atoms with E-state index in [2.05, 4.69) is 15.2 Å². The highest BCUT2D eigenvalue weighted by Gasteiger charge is 2.26. The largest absolute Gasteiger partial charge is 0.398 e. The van der Waals surface area contributed by atoms with Crippen molar-refractivity contribution < 1.29 is 9.53 Å². The van der Waals surface area contributed by atoms with Crippen LogP contribution in [-0.2, 0) is 4.74 Å². The fraction of sp³-hybridized carbons (Fsp3) is 0.217. The lowest BCUT2D eigenvalue weighted by Crippen LogP contribution is -2.46. The number of carbonyl (C=O) groups is 1. The van der Waals surface area contributed by atoms with Crippen LogP contribution in [0.15, 0.2) is 73.1 Å². The van der Waals surface area contributed by atoms with Crippen molar-refractivity contribution in [2.75, 3.05) is 32.0 Å². The average molecular weight is 388 g/mol. The molecule has 1 fully saturated rings. The zero-order valence-corrected chi connectivity index (χ0v) is 16.1. The zero-order chi connectivity index (χ0) is 20.1. The van der Waals surface area contributed by atoms with Gasteiger partial charge in [-0.05, 0) is 35.9 Å². The molecule has 0 saturated carbocycles. The topological polar surface area (TPSA) is 80.5 Å². The Bertz CT molecular complexity index is 957. The molecule has 148 valence electrons. The molecule has 1 aliphatic rings. The van der Waals surface area contributed by atoms with Crippen LogP contribution in [0, 0.1) is 0 Å². The van der Waals surface area contributed by atoms with Crippen LogP contribution >= 0.6 is 0 Å². The number of hydrogen-bond donors (Lipinski definition) is 2. The van der Waals surface area contributed by atoms with Crippen LogP contribution in [0.3, 0.4) is 0 Å². The highest BCUT2D eigenvalue weighted by molar-refractivity contribution is 5.94. The van der Waals surface area contributed by atoms with E-state index in [1.165, 1.54) is 0 Å². The Kier molecular flexibility index (Phi) is 5.84. The number of carbonyl (C=O) groups excluding carboxylic acids is 1. The molecule has 1 atom stereocenters. The van der Waals surface area contributed by atoms with Gasteiger partial charge in [0, 0.05) is 47.9 Å². The van der Waals surface area contributed by atoms with E-state index in [0.29, 0.717) is 24.5 Å². The predicted octanol–water partition coefficient (Wildman–Crippen LogP) is 3.09. The molecule has 1 amide bonds. The molecule has 3 aromatic rings. The standard InChI is InChI=1S/C23H24N4O2/c24-21-9-8-18(19-7-4-10-25-16-19)15-20(21)22(27-11-13-29-14-12-27)26-23(28)17-5-2-1-3-6-17/h1-10,15-16,22H,11-14,24H2,(H,26,28). The fourth-order valence-corrected chi connectivity index (χ4v) is 3.52. The van der Waals surface area contributed by atoms with Gasteiger partial charge in [0.15, 0.2) is 0 Å². The third-order valence-electron chi connectivity index (χ3n) is 5.09. The van der Waals surface area contributed by atoms with Crippen molar-refractivity contribution in [1.82, 2.24) is 15.2 Å². The highest BCUT2D eigenvalue weighted by Crippen LogP contribution is 2.30. The minimum Gasteiger partial charge on any atom is -0.398 e. The normalized spacial score (nSPS) is 15.6. The zero-order valence-electron chi connectivity index (χ0n) is 16.1. The predicted molar refractivity (Wildman–Crippen MR) is 113 cm³/mol. The van der Waals surface area contributed by atoms with Crippen LogP contribution < -0.4 is 11.1 Å². The first kappa shape index (κ1) is 19.1. The van der Waals surface area contributed by atoms with E-state index in [0.717, 1.165) is 29.8 Å². The number of hydrogen-bond acceptors (Lipinski definition) is 5. The molecule has 2 aromatic carbocycles. The number of nitrogens with zero attached hydrogens (tertiary/aromatic N) is 2. The first-order chi connectivity index (χ1) is 14.2. The summed E-state index contributed by atoms with van der Waals surface area (Å²) >= 11 is 0. The number of aromatic nitrogens is 1. The summed E-state index contributed by atoms with van der Waals surface area (Å²) in [6.45, 7) is 2.69. The summed E-state index contributed by atoms with van der Waals surface area (Å²) in [5, 5.41) is 3.17. The molecule has 4 rings (SSSR count). The lowest BCUT2D eigenvalue weighted by atomic mass is 10.0. The van der Waals surface area contributed by atoms with Gasteiger partial charge in [-0.2, -0.15) is 0 Å². The molecule has 1 saturated heterocycles. The molecule has 2 heterocycles. The van der Waals surface area contributed by atoms with Crippen molar-refractivity contribution in [2.24, 2.45) is 0 Å².